The molecular weight excluding hydrogens is 287 g/mol. The van der Waals surface area contributed by atoms with E-state index in [-0.39, 0.29) is 22.3 Å². The van der Waals surface area contributed by atoms with E-state index in [9.17, 15) is 4.79 Å². The molecule has 2 heterocycles. The molecule has 0 bridgehead atoms. The Hall–Kier alpha value is -0.910. The van der Waals surface area contributed by atoms with Crippen LogP contribution in [0.3, 0.4) is 0 Å². The molecule has 0 radical (unpaired) electrons. The van der Waals surface area contributed by atoms with Gasteiger partial charge < -0.3 is 10.6 Å². The molecule has 5 nitrogen and oxygen atoms in total. The van der Waals surface area contributed by atoms with Crippen molar-refractivity contribution in [3.05, 3.63) is 16.5 Å². The average molecular weight is 303 g/mol. The maximum Gasteiger partial charge on any atom is 0.233 e. The van der Waals surface area contributed by atoms with E-state index in [1.165, 1.54) is 6.07 Å². The Morgan fingerprint density at radius 2 is 2.21 bits per heavy atom. The number of carbonyl (C=O) groups is 1. The summed E-state index contributed by atoms with van der Waals surface area (Å²) in [6.07, 6.45) is 0.809. The van der Waals surface area contributed by atoms with Crippen LogP contribution in [0.4, 0.5) is 5.82 Å². The fraction of sp³-hybridized carbons (Fsp3) is 0.583. The summed E-state index contributed by atoms with van der Waals surface area (Å²) >= 11 is 11.5. The van der Waals surface area contributed by atoms with Gasteiger partial charge in [-0.25, -0.2) is 9.97 Å². The molecule has 1 aliphatic rings. The van der Waals surface area contributed by atoms with Crippen molar-refractivity contribution in [3.8, 4) is 0 Å². The second-order valence-corrected chi connectivity index (χ2v) is 5.76. The molecule has 0 saturated carbocycles. The molecule has 1 atom stereocenters. The largest absolute Gasteiger partial charge is 0.316 e. The lowest BCUT2D eigenvalue weighted by Crippen LogP contribution is -2.42. The highest BCUT2D eigenvalue weighted by Crippen LogP contribution is 2.35. The lowest BCUT2D eigenvalue weighted by atomic mass is 9.75. The van der Waals surface area contributed by atoms with E-state index >= 15 is 0 Å². The summed E-state index contributed by atoms with van der Waals surface area (Å²) in [4.78, 5) is 20.2. The van der Waals surface area contributed by atoms with Crippen LogP contribution in [0.25, 0.3) is 0 Å². The minimum atomic E-state index is -0.413. The summed E-state index contributed by atoms with van der Waals surface area (Å²) < 4.78 is 0. The zero-order valence-corrected chi connectivity index (χ0v) is 12.3. The molecule has 2 N–H and O–H groups in total. The second kappa shape index (κ2) is 5.61. The van der Waals surface area contributed by atoms with Gasteiger partial charge in [0.15, 0.2) is 0 Å². The quantitative estimate of drug-likeness (QED) is 0.664. The number of hydrogen-bond donors (Lipinski definition) is 2. The number of halogens is 2. The zero-order chi connectivity index (χ0) is 14.0. The number of amides is 1. The lowest BCUT2D eigenvalue weighted by Gasteiger charge is -2.30. The molecule has 1 aromatic rings. The first-order valence-electron chi connectivity index (χ1n) is 6.16. The minimum absolute atomic E-state index is 0.0194. The highest BCUT2D eigenvalue weighted by molar-refractivity contribution is 6.32. The normalized spacial score (nSPS) is 22.8. The van der Waals surface area contributed by atoms with Gasteiger partial charge in [-0.1, -0.05) is 25.4 Å². The van der Waals surface area contributed by atoms with Gasteiger partial charge in [0.25, 0.3) is 0 Å². The van der Waals surface area contributed by atoms with Crippen LogP contribution in [0.2, 0.25) is 10.4 Å². The van der Waals surface area contributed by atoms with Crippen LogP contribution in [-0.2, 0) is 4.79 Å². The van der Waals surface area contributed by atoms with E-state index in [1.54, 1.807) is 0 Å². The summed E-state index contributed by atoms with van der Waals surface area (Å²) in [5.74, 6) is 0.510. The first kappa shape index (κ1) is 14.5. The van der Waals surface area contributed by atoms with Crippen molar-refractivity contribution in [2.45, 2.75) is 20.3 Å². The summed E-state index contributed by atoms with van der Waals surface area (Å²) in [6, 6.07) is 1.49. The highest BCUT2D eigenvalue weighted by Gasteiger charge is 2.44. The van der Waals surface area contributed by atoms with Crippen molar-refractivity contribution in [1.29, 1.82) is 0 Å². The smallest absolute Gasteiger partial charge is 0.233 e. The molecular formula is C12H16Cl2N4O. The third kappa shape index (κ3) is 2.99. The average Bonchev–Trinajstić information content (AvgIpc) is 2.77. The van der Waals surface area contributed by atoms with Crippen molar-refractivity contribution in [1.82, 2.24) is 15.3 Å². The van der Waals surface area contributed by atoms with Crippen LogP contribution in [0.1, 0.15) is 20.3 Å². The highest BCUT2D eigenvalue weighted by atomic mass is 35.5. The Bertz CT molecular complexity index is 466. The van der Waals surface area contributed by atoms with E-state index in [0.717, 1.165) is 13.0 Å². The Morgan fingerprint density at radius 1 is 1.47 bits per heavy atom. The number of rotatable bonds is 3. The molecule has 19 heavy (non-hydrogen) atoms. The molecule has 1 amide bonds. The van der Waals surface area contributed by atoms with Gasteiger partial charge in [0, 0.05) is 12.6 Å². The molecule has 0 aliphatic carbocycles. The van der Waals surface area contributed by atoms with Crippen molar-refractivity contribution in [3.63, 3.8) is 0 Å². The van der Waals surface area contributed by atoms with Crippen LogP contribution < -0.4 is 10.6 Å². The van der Waals surface area contributed by atoms with Crippen molar-refractivity contribution in [2.75, 3.05) is 18.4 Å². The minimum Gasteiger partial charge on any atom is -0.316 e. The van der Waals surface area contributed by atoms with Crippen LogP contribution >= 0.6 is 23.2 Å². The summed E-state index contributed by atoms with van der Waals surface area (Å²) in [6.45, 7) is 5.61. The molecule has 2 rings (SSSR count). The molecule has 7 heteroatoms. The predicted molar refractivity (Wildman–Crippen MR) is 75.4 cm³/mol. The number of nitrogens with one attached hydrogen (secondary N) is 2. The summed E-state index contributed by atoms with van der Waals surface area (Å²) in [5.41, 5.74) is -0.413. The first-order chi connectivity index (χ1) is 8.94. The van der Waals surface area contributed by atoms with E-state index in [1.807, 2.05) is 13.8 Å². The molecule has 1 aliphatic heterocycles. The topological polar surface area (TPSA) is 66.9 Å². The van der Waals surface area contributed by atoms with Crippen molar-refractivity contribution >= 4 is 34.9 Å². The molecule has 0 spiro atoms. The number of anilines is 1. The molecule has 1 fully saturated rings. The second-order valence-electron chi connectivity index (χ2n) is 5.04. The molecule has 1 saturated heterocycles. The Morgan fingerprint density at radius 3 is 2.74 bits per heavy atom. The van der Waals surface area contributed by atoms with Crippen molar-refractivity contribution in [2.24, 2.45) is 11.3 Å². The fourth-order valence-electron chi connectivity index (χ4n) is 2.35. The van der Waals surface area contributed by atoms with Crippen LogP contribution in [0, 0.1) is 11.3 Å². The number of hydrogen-bond acceptors (Lipinski definition) is 4. The van der Waals surface area contributed by atoms with Crippen LogP contribution in [0.15, 0.2) is 6.07 Å². The number of carbonyl (C=O) groups excluding carboxylic acids is 1. The molecule has 1 unspecified atom stereocenters. The number of aromatic nitrogens is 2. The molecule has 104 valence electrons. The maximum atomic E-state index is 12.5. The van der Waals surface area contributed by atoms with Gasteiger partial charge in [-0.05, 0) is 30.5 Å². The van der Waals surface area contributed by atoms with Crippen molar-refractivity contribution < 1.29 is 4.79 Å². The van der Waals surface area contributed by atoms with Gasteiger partial charge in [-0.15, -0.1) is 0 Å². The van der Waals surface area contributed by atoms with E-state index in [0.29, 0.717) is 12.4 Å². The van der Waals surface area contributed by atoms with E-state index in [2.05, 4.69) is 20.6 Å². The van der Waals surface area contributed by atoms with Gasteiger partial charge in [0.05, 0.1) is 5.41 Å². The van der Waals surface area contributed by atoms with Crippen LogP contribution in [0.5, 0.6) is 0 Å². The number of nitrogens with zero attached hydrogens (tertiary/aromatic N) is 2. The third-order valence-electron chi connectivity index (χ3n) is 3.65. The van der Waals surface area contributed by atoms with Gasteiger partial charge in [0.2, 0.25) is 11.2 Å². The maximum absolute atomic E-state index is 12.5. The Kier molecular flexibility index (Phi) is 4.28. The predicted octanol–water partition coefficient (Wildman–Crippen LogP) is 2.36. The molecule has 0 aromatic carbocycles. The molecule has 1 aromatic heterocycles. The van der Waals surface area contributed by atoms with Gasteiger partial charge in [-0.3, -0.25) is 4.79 Å². The standard InChI is InChI=1S/C12H16Cl2N4O/c1-7(2)12(3-4-15-6-12)10(19)17-9-5-8(13)16-11(14)18-9/h5,7,15H,3-4,6H2,1-2H3,(H,16,17,18,19). The SMILES string of the molecule is CC(C)C1(C(=O)Nc2cc(Cl)nc(Cl)n2)CCNC1. The van der Waals surface area contributed by atoms with Gasteiger partial charge in [-0.2, -0.15) is 0 Å². The third-order valence-corrected chi connectivity index (χ3v) is 4.02. The van der Waals surface area contributed by atoms with E-state index < -0.39 is 5.41 Å². The Labute approximate surface area is 122 Å². The zero-order valence-electron chi connectivity index (χ0n) is 10.8. The lowest BCUT2D eigenvalue weighted by molar-refractivity contribution is -0.126. The van der Waals surface area contributed by atoms with E-state index in [4.69, 9.17) is 23.2 Å². The summed E-state index contributed by atoms with van der Waals surface area (Å²) in [5, 5.41) is 6.25. The Balaban J connectivity index is 2.20. The van der Waals surface area contributed by atoms with Crippen LogP contribution in [-0.4, -0.2) is 29.0 Å². The first-order valence-corrected chi connectivity index (χ1v) is 6.92. The monoisotopic (exact) mass is 302 g/mol. The van der Waals surface area contributed by atoms with Gasteiger partial charge >= 0.3 is 0 Å². The van der Waals surface area contributed by atoms with Gasteiger partial charge in [0.1, 0.15) is 11.0 Å². The fourth-order valence-corrected chi connectivity index (χ4v) is 2.76. The summed E-state index contributed by atoms with van der Waals surface area (Å²) in [7, 11) is 0.